The predicted molar refractivity (Wildman–Crippen MR) is 88.0 cm³/mol. The largest absolute Gasteiger partial charge is 0.444 e. The summed E-state index contributed by atoms with van der Waals surface area (Å²) in [6.07, 6.45) is -0.869. The van der Waals surface area contributed by atoms with Crippen molar-refractivity contribution in [1.29, 1.82) is 0 Å². The van der Waals surface area contributed by atoms with Crippen LogP contribution in [-0.4, -0.2) is 42.8 Å². The van der Waals surface area contributed by atoms with Crippen molar-refractivity contribution in [2.45, 2.75) is 38.0 Å². The second kappa shape index (κ2) is 6.36. The van der Waals surface area contributed by atoms with E-state index < -0.39 is 32.9 Å². The molecule has 1 aliphatic rings. The lowest BCUT2D eigenvalue weighted by atomic mass is 10.2. The maximum absolute atomic E-state index is 12.0. The highest BCUT2D eigenvalue weighted by Crippen LogP contribution is 2.23. The Balaban J connectivity index is 2.13. The molecule has 1 unspecified atom stereocenters. The smallest absolute Gasteiger partial charge is 0.413 e. The van der Waals surface area contributed by atoms with E-state index in [0.29, 0.717) is 0 Å². The van der Waals surface area contributed by atoms with Gasteiger partial charge in [0.05, 0.1) is 0 Å². The van der Waals surface area contributed by atoms with Crippen molar-refractivity contribution < 1.29 is 22.7 Å². The van der Waals surface area contributed by atoms with Gasteiger partial charge in [-0.05, 0) is 32.9 Å². The lowest BCUT2D eigenvalue weighted by Gasteiger charge is -2.20. The van der Waals surface area contributed by atoms with E-state index >= 15 is 0 Å². The molecular formula is C14H20N4O5S. The van der Waals surface area contributed by atoms with Gasteiger partial charge in [-0.25, -0.2) is 23.3 Å². The van der Waals surface area contributed by atoms with Gasteiger partial charge in [0, 0.05) is 13.0 Å². The molecule has 1 aromatic rings. The molecule has 0 spiro atoms. The number of anilines is 2. The van der Waals surface area contributed by atoms with Crippen LogP contribution in [0.5, 0.6) is 0 Å². The van der Waals surface area contributed by atoms with Crippen LogP contribution in [0.15, 0.2) is 18.2 Å². The van der Waals surface area contributed by atoms with Crippen LogP contribution in [-0.2, 0) is 19.6 Å². The van der Waals surface area contributed by atoms with Gasteiger partial charge in [-0.1, -0.05) is 6.07 Å². The minimum atomic E-state index is -3.81. The van der Waals surface area contributed by atoms with Crippen LogP contribution in [0.2, 0.25) is 0 Å². The van der Waals surface area contributed by atoms with Gasteiger partial charge in [0.1, 0.15) is 22.5 Å². The number of primary sulfonamides is 1. The molecule has 1 fully saturated rings. The number of carbonyl (C=O) groups is 2. The zero-order valence-electron chi connectivity index (χ0n) is 13.6. The van der Waals surface area contributed by atoms with Gasteiger partial charge < -0.3 is 4.74 Å². The number of rotatable bonds is 3. The number of hydrogen-bond acceptors (Lipinski definition) is 6. The summed E-state index contributed by atoms with van der Waals surface area (Å²) in [7, 11) is -3.81. The normalized spacial score (nSPS) is 18.6. The molecule has 2 heterocycles. The molecule has 2 amide bonds. The third-order valence-electron chi connectivity index (χ3n) is 3.19. The number of carbonyl (C=O) groups excluding carboxylic acids is 2. The number of nitrogens with one attached hydrogen (secondary N) is 1. The number of nitrogens with zero attached hydrogens (tertiary/aromatic N) is 2. The molecular weight excluding hydrogens is 336 g/mol. The van der Waals surface area contributed by atoms with Gasteiger partial charge in [0.15, 0.2) is 0 Å². The summed E-state index contributed by atoms with van der Waals surface area (Å²) in [6, 6.07) is 4.67. The van der Waals surface area contributed by atoms with E-state index in [1.807, 2.05) is 0 Å². The zero-order chi connectivity index (χ0) is 18.1. The third kappa shape index (κ3) is 4.65. The average Bonchev–Trinajstić information content (AvgIpc) is 2.78. The van der Waals surface area contributed by atoms with E-state index in [1.165, 1.54) is 11.0 Å². The van der Waals surface area contributed by atoms with Crippen molar-refractivity contribution in [3.05, 3.63) is 18.2 Å². The van der Waals surface area contributed by atoms with Crippen molar-refractivity contribution in [2.24, 2.45) is 5.14 Å². The molecule has 3 N–H and O–H groups in total. The number of aromatic nitrogens is 1. The Morgan fingerprint density at radius 3 is 2.62 bits per heavy atom. The minimum absolute atomic E-state index is 0.0689. The van der Waals surface area contributed by atoms with E-state index in [4.69, 9.17) is 9.88 Å². The molecule has 1 atom stereocenters. The molecule has 2 rings (SSSR count). The molecule has 0 radical (unpaired) electrons. The van der Waals surface area contributed by atoms with Crippen LogP contribution in [0, 0.1) is 0 Å². The Bertz CT molecular complexity index is 757. The van der Waals surface area contributed by atoms with Crippen LogP contribution >= 0.6 is 0 Å². The second-order valence-corrected chi connectivity index (χ2v) is 8.27. The van der Waals surface area contributed by atoms with Crippen molar-refractivity contribution in [2.75, 3.05) is 16.8 Å². The maximum atomic E-state index is 12.0. The number of hydrogen-bond donors (Lipinski definition) is 2. The first-order valence-electron chi connectivity index (χ1n) is 7.25. The number of amides is 2. The lowest BCUT2D eigenvalue weighted by Crippen LogP contribution is -2.32. The van der Waals surface area contributed by atoms with Crippen molar-refractivity contribution in [3.8, 4) is 0 Å². The van der Waals surface area contributed by atoms with Crippen LogP contribution in [0.3, 0.4) is 0 Å². The highest BCUT2D eigenvalue weighted by molar-refractivity contribution is 7.89. The summed E-state index contributed by atoms with van der Waals surface area (Å²) >= 11 is 0. The first-order chi connectivity index (χ1) is 11.0. The molecule has 0 bridgehead atoms. The third-order valence-corrected chi connectivity index (χ3v) is 4.44. The molecule has 1 aliphatic heterocycles. The summed E-state index contributed by atoms with van der Waals surface area (Å²) in [6.45, 7) is 5.12. The highest BCUT2D eigenvalue weighted by Gasteiger charge is 2.37. The van der Waals surface area contributed by atoms with Crippen LogP contribution in [0.25, 0.3) is 0 Å². The summed E-state index contributed by atoms with van der Waals surface area (Å²) in [4.78, 5) is 29.1. The molecule has 0 saturated carbocycles. The maximum Gasteiger partial charge on any atom is 0.413 e. The summed E-state index contributed by atoms with van der Waals surface area (Å²) in [5.41, 5.74) is -0.657. The Morgan fingerprint density at radius 1 is 1.42 bits per heavy atom. The SMILES string of the molecule is CC(C)(C)OC(=O)Nc1cccc(N2CC(S(N)(=O)=O)CC2=O)n1. The van der Waals surface area contributed by atoms with E-state index in [9.17, 15) is 18.0 Å². The van der Waals surface area contributed by atoms with Crippen LogP contribution in [0.1, 0.15) is 27.2 Å². The fourth-order valence-corrected chi connectivity index (χ4v) is 2.90. The van der Waals surface area contributed by atoms with Gasteiger partial charge in [0.25, 0.3) is 0 Å². The Morgan fingerprint density at radius 2 is 2.08 bits per heavy atom. The van der Waals surface area contributed by atoms with Gasteiger partial charge in [-0.3, -0.25) is 15.0 Å². The summed E-state index contributed by atoms with van der Waals surface area (Å²) < 4.78 is 27.9. The molecule has 0 aliphatic carbocycles. The Labute approximate surface area is 140 Å². The fraction of sp³-hybridized carbons (Fsp3) is 0.500. The van der Waals surface area contributed by atoms with Crippen LogP contribution in [0.4, 0.5) is 16.4 Å². The van der Waals surface area contributed by atoms with E-state index in [2.05, 4.69) is 10.3 Å². The second-order valence-electron chi connectivity index (χ2n) is 6.43. The topological polar surface area (TPSA) is 132 Å². The highest BCUT2D eigenvalue weighted by atomic mass is 32.2. The molecule has 132 valence electrons. The number of ether oxygens (including phenoxy) is 1. The molecule has 1 aromatic heterocycles. The van der Waals surface area contributed by atoms with E-state index in [1.54, 1.807) is 32.9 Å². The predicted octanol–water partition coefficient (Wildman–Crippen LogP) is 0.822. The van der Waals surface area contributed by atoms with Crippen LogP contribution < -0.4 is 15.4 Å². The minimum Gasteiger partial charge on any atom is -0.444 e. The molecule has 0 aromatic carbocycles. The number of pyridine rings is 1. The Kier molecular flexibility index (Phi) is 4.81. The first kappa shape index (κ1) is 18.1. The van der Waals surface area contributed by atoms with Crippen molar-refractivity contribution in [1.82, 2.24) is 4.98 Å². The summed E-state index contributed by atoms with van der Waals surface area (Å²) in [5.74, 6) is 0.0317. The molecule has 10 heteroatoms. The van der Waals surface area contributed by atoms with Crippen molar-refractivity contribution in [3.63, 3.8) is 0 Å². The first-order valence-corrected chi connectivity index (χ1v) is 8.86. The van der Waals surface area contributed by atoms with E-state index in [-0.39, 0.29) is 24.6 Å². The monoisotopic (exact) mass is 356 g/mol. The quantitative estimate of drug-likeness (QED) is 0.824. The van der Waals surface area contributed by atoms with Gasteiger partial charge >= 0.3 is 6.09 Å². The fourth-order valence-electron chi connectivity index (χ4n) is 2.17. The Hall–Kier alpha value is -2.20. The number of nitrogens with two attached hydrogens (primary N) is 1. The number of sulfonamides is 1. The zero-order valence-corrected chi connectivity index (χ0v) is 14.5. The molecule has 1 saturated heterocycles. The standard InChI is InChI=1S/C14H20N4O5S/c1-14(2,3)23-13(20)17-10-5-4-6-11(16-10)18-8-9(7-12(18)19)24(15,21)22/h4-6,9H,7-8H2,1-3H3,(H2,15,21,22)(H,16,17,20). The van der Waals surface area contributed by atoms with Gasteiger partial charge in [-0.2, -0.15) is 0 Å². The molecule has 9 nitrogen and oxygen atoms in total. The van der Waals surface area contributed by atoms with Crippen molar-refractivity contribution >= 4 is 33.7 Å². The lowest BCUT2D eigenvalue weighted by molar-refractivity contribution is -0.117. The average molecular weight is 356 g/mol. The van der Waals surface area contributed by atoms with E-state index in [0.717, 1.165) is 0 Å². The van der Waals surface area contributed by atoms with Gasteiger partial charge in [-0.15, -0.1) is 0 Å². The molecule has 24 heavy (non-hydrogen) atoms. The van der Waals surface area contributed by atoms with Gasteiger partial charge in [0.2, 0.25) is 15.9 Å². The summed E-state index contributed by atoms with van der Waals surface area (Å²) in [5, 5.41) is 6.60.